The minimum Gasteiger partial charge on any atom is -0.385 e. The minimum absolute atomic E-state index is 0.169. The van der Waals surface area contributed by atoms with Crippen LogP contribution in [0, 0.1) is 0 Å². The van der Waals surface area contributed by atoms with Crippen LogP contribution in [-0.2, 0) is 9.53 Å². The van der Waals surface area contributed by atoms with Gasteiger partial charge in [0, 0.05) is 50.4 Å². The van der Waals surface area contributed by atoms with Gasteiger partial charge in [-0.05, 0) is 36.8 Å². The second-order valence-electron chi connectivity index (χ2n) is 5.42. The number of pyridine rings is 1. The molecule has 0 aliphatic heterocycles. The van der Waals surface area contributed by atoms with Gasteiger partial charge in [0.2, 0.25) is 5.91 Å². The van der Waals surface area contributed by atoms with Crippen molar-refractivity contribution in [2.45, 2.75) is 13.3 Å². The molecule has 0 aliphatic rings. The quantitative estimate of drug-likeness (QED) is 0.642. The molecule has 7 nitrogen and oxygen atoms in total. The summed E-state index contributed by atoms with van der Waals surface area (Å²) in [7, 11) is 1.66. The lowest BCUT2D eigenvalue weighted by atomic mass is 10.2. The van der Waals surface area contributed by atoms with E-state index in [0.29, 0.717) is 23.7 Å². The van der Waals surface area contributed by atoms with E-state index < -0.39 is 0 Å². The van der Waals surface area contributed by atoms with Crippen LogP contribution >= 0.6 is 0 Å². The molecule has 132 valence electrons. The van der Waals surface area contributed by atoms with Crippen molar-refractivity contribution in [2.75, 3.05) is 36.2 Å². The summed E-state index contributed by atoms with van der Waals surface area (Å²) in [5.41, 5.74) is 2.33. The number of ether oxygens (including phenoxy) is 1. The molecule has 0 fully saturated rings. The number of aromatic nitrogens is 1. The van der Waals surface area contributed by atoms with Crippen LogP contribution in [-0.4, -0.2) is 37.1 Å². The van der Waals surface area contributed by atoms with Crippen molar-refractivity contribution < 1.29 is 14.3 Å². The largest absolute Gasteiger partial charge is 0.385 e. The number of amides is 2. The molecule has 0 aliphatic carbocycles. The Kier molecular flexibility index (Phi) is 6.91. The zero-order valence-electron chi connectivity index (χ0n) is 14.3. The molecule has 0 saturated carbocycles. The molecule has 0 atom stereocenters. The number of benzene rings is 1. The number of nitrogens with one attached hydrogen (secondary N) is 3. The first-order valence-electron chi connectivity index (χ1n) is 7.96. The highest BCUT2D eigenvalue weighted by molar-refractivity contribution is 6.03. The summed E-state index contributed by atoms with van der Waals surface area (Å²) in [6.45, 7) is 2.86. The average Bonchev–Trinajstić information content (AvgIpc) is 2.59. The molecule has 3 N–H and O–H groups in total. The number of anilines is 3. The van der Waals surface area contributed by atoms with Gasteiger partial charge in [0.1, 0.15) is 5.69 Å². The lowest BCUT2D eigenvalue weighted by Gasteiger charge is -2.09. The lowest BCUT2D eigenvalue weighted by Crippen LogP contribution is -2.15. The van der Waals surface area contributed by atoms with Gasteiger partial charge in [0.25, 0.3) is 5.91 Å². The lowest BCUT2D eigenvalue weighted by molar-refractivity contribution is -0.114. The Morgan fingerprint density at radius 3 is 2.56 bits per heavy atom. The van der Waals surface area contributed by atoms with E-state index >= 15 is 0 Å². The number of hydrogen-bond donors (Lipinski definition) is 3. The van der Waals surface area contributed by atoms with Gasteiger partial charge in [-0.1, -0.05) is 6.07 Å². The predicted molar refractivity (Wildman–Crippen MR) is 97.9 cm³/mol. The monoisotopic (exact) mass is 342 g/mol. The van der Waals surface area contributed by atoms with Crippen LogP contribution in [0.5, 0.6) is 0 Å². The molecule has 2 amide bonds. The van der Waals surface area contributed by atoms with Gasteiger partial charge in [-0.25, -0.2) is 0 Å². The van der Waals surface area contributed by atoms with Gasteiger partial charge in [-0.15, -0.1) is 0 Å². The van der Waals surface area contributed by atoms with Crippen LogP contribution in [0.2, 0.25) is 0 Å². The zero-order valence-corrected chi connectivity index (χ0v) is 14.3. The van der Waals surface area contributed by atoms with Gasteiger partial charge in [-0.3, -0.25) is 14.6 Å². The second-order valence-corrected chi connectivity index (χ2v) is 5.42. The Hall–Kier alpha value is -2.93. The molecule has 0 bridgehead atoms. The maximum Gasteiger partial charge on any atom is 0.274 e. The topological polar surface area (TPSA) is 92.3 Å². The van der Waals surface area contributed by atoms with E-state index in [1.54, 1.807) is 49.7 Å². The summed E-state index contributed by atoms with van der Waals surface area (Å²) < 4.78 is 5.00. The molecule has 1 aromatic heterocycles. The average molecular weight is 342 g/mol. The molecule has 0 spiro atoms. The highest BCUT2D eigenvalue weighted by Crippen LogP contribution is 2.16. The molecule has 2 rings (SSSR count). The maximum absolute atomic E-state index is 12.4. The first-order chi connectivity index (χ1) is 12.1. The molecule has 25 heavy (non-hydrogen) atoms. The van der Waals surface area contributed by atoms with E-state index in [2.05, 4.69) is 20.9 Å². The molecule has 0 unspecified atom stereocenters. The van der Waals surface area contributed by atoms with Crippen LogP contribution < -0.4 is 16.0 Å². The third-order valence-corrected chi connectivity index (χ3v) is 3.29. The highest BCUT2D eigenvalue weighted by Gasteiger charge is 2.09. The number of methoxy groups -OCH3 is 1. The maximum atomic E-state index is 12.4. The van der Waals surface area contributed by atoms with E-state index in [9.17, 15) is 9.59 Å². The second kappa shape index (κ2) is 9.39. The third-order valence-electron chi connectivity index (χ3n) is 3.29. The fourth-order valence-corrected chi connectivity index (χ4v) is 2.19. The molecule has 1 aromatic carbocycles. The van der Waals surface area contributed by atoms with Crippen molar-refractivity contribution in [3.63, 3.8) is 0 Å². The van der Waals surface area contributed by atoms with E-state index in [4.69, 9.17) is 4.74 Å². The van der Waals surface area contributed by atoms with Crippen LogP contribution in [0.25, 0.3) is 0 Å². The zero-order chi connectivity index (χ0) is 18.1. The number of nitrogens with zero attached hydrogens (tertiary/aromatic N) is 1. The Bertz CT molecular complexity index is 734. The van der Waals surface area contributed by atoms with Crippen molar-refractivity contribution in [1.29, 1.82) is 0 Å². The van der Waals surface area contributed by atoms with E-state index in [-0.39, 0.29) is 11.8 Å². The number of carbonyl (C=O) groups excluding carboxylic acids is 2. The van der Waals surface area contributed by atoms with Crippen LogP contribution in [0.4, 0.5) is 17.1 Å². The first-order valence-corrected chi connectivity index (χ1v) is 7.96. The normalized spacial score (nSPS) is 10.2. The Morgan fingerprint density at radius 2 is 1.84 bits per heavy atom. The number of rotatable bonds is 8. The van der Waals surface area contributed by atoms with Gasteiger partial charge >= 0.3 is 0 Å². The fourth-order valence-electron chi connectivity index (χ4n) is 2.19. The summed E-state index contributed by atoms with van der Waals surface area (Å²) in [6.07, 6.45) is 2.46. The predicted octanol–water partition coefficient (Wildman–Crippen LogP) is 2.74. The van der Waals surface area contributed by atoms with Crippen molar-refractivity contribution in [3.05, 3.63) is 48.3 Å². The highest BCUT2D eigenvalue weighted by atomic mass is 16.5. The van der Waals surface area contributed by atoms with Gasteiger partial charge in [0.05, 0.1) is 0 Å². The number of carbonyl (C=O) groups is 2. The minimum atomic E-state index is -0.319. The molecular formula is C18H22N4O3. The first kappa shape index (κ1) is 18.4. The van der Waals surface area contributed by atoms with Crippen LogP contribution in [0.1, 0.15) is 23.8 Å². The third kappa shape index (κ3) is 6.23. The number of hydrogen-bond acceptors (Lipinski definition) is 5. The Morgan fingerprint density at radius 1 is 1.08 bits per heavy atom. The van der Waals surface area contributed by atoms with Crippen LogP contribution in [0.3, 0.4) is 0 Å². The van der Waals surface area contributed by atoms with E-state index in [1.807, 2.05) is 0 Å². The van der Waals surface area contributed by atoms with Crippen molar-refractivity contribution >= 4 is 28.9 Å². The Balaban J connectivity index is 1.99. The van der Waals surface area contributed by atoms with Crippen molar-refractivity contribution in [3.8, 4) is 0 Å². The van der Waals surface area contributed by atoms with E-state index in [0.717, 1.165) is 18.7 Å². The van der Waals surface area contributed by atoms with Gasteiger partial charge in [-0.2, -0.15) is 0 Å². The molecule has 7 heteroatoms. The molecule has 0 saturated heterocycles. The Labute approximate surface area is 146 Å². The SMILES string of the molecule is COCCCNc1ccnc(C(=O)Nc2cccc(NC(C)=O)c2)c1. The summed E-state index contributed by atoms with van der Waals surface area (Å²) in [4.78, 5) is 27.6. The molecule has 1 heterocycles. The summed E-state index contributed by atoms with van der Waals surface area (Å²) >= 11 is 0. The molecular weight excluding hydrogens is 320 g/mol. The van der Waals surface area contributed by atoms with Gasteiger partial charge < -0.3 is 20.7 Å². The van der Waals surface area contributed by atoms with Crippen molar-refractivity contribution in [1.82, 2.24) is 4.98 Å². The smallest absolute Gasteiger partial charge is 0.274 e. The standard InChI is InChI=1S/C18H22N4O3/c1-13(23)21-15-5-3-6-16(11-15)22-18(24)17-12-14(7-9-20-17)19-8-4-10-25-2/h3,5-7,9,11-12H,4,8,10H2,1-2H3,(H,19,20)(H,21,23)(H,22,24). The summed E-state index contributed by atoms with van der Waals surface area (Å²) in [6, 6.07) is 10.4. The summed E-state index contributed by atoms with van der Waals surface area (Å²) in [5.74, 6) is -0.488. The molecule has 0 radical (unpaired) electrons. The van der Waals surface area contributed by atoms with Crippen molar-refractivity contribution in [2.24, 2.45) is 0 Å². The molecule has 2 aromatic rings. The van der Waals surface area contributed by atoms with Crippen LogP contribution in [0.15, 0.2) is 42.6 Å². The van der Waals surface area contributed by atoms with E-state index in [1.165, 1.54) is 6.92 Å². The summed E-state index contributed by atoms with van der Waals surface area (Å²) in [5, 5.41) is 8.67. The van der Waals surface area contributed by atoms with Gasteiger partial charge in [0.15, 0.2) is 0 Å². The fraction of sp³-hybridized carbons (Fsp3) is 0.278.